The first-order chi connectivity index (χ1) is 12.5. The number of rotatable bonds is 4. The number of nitrogens with one attached hydrogen (secondary N) is 1. The van der Waals surface area contributed by atoms with E-state index in [2.05, 4.69) is 20.3 Å². The molecule has 2 aromatic rings. The van der Waals surface area contributed by atoms with Gasteiger partial charge in [0.2, 0.25) is 0 Å². The topological polar surface area (TPSA) is 44.5 Å². The van der Waals surface area contributed by atoms with Crippen LogP contribution < -0.4 is 5.32 Å². The Morgan fingerprint density at radius 1 is 1.23 bits per heavy atom. The van der Waals surface area contributed by atoms with Gasteiger partial charge < -0.3 is 14.7 Å². The Kier molecular flexibility index (Phi) is 6.51. The average Bonchev–Trinajstić information content (AvgIpc) is 2.83. The quantitative estimate of drug-likeness (QED) is 0.803. The van der Waals surface area contributed by atoms with E-state index in [1.807, 2.05) is 38.1 Å². The summed E-state index contributed by atoms with van der Waals surface area (Å²) in [6.45, 7) is 9.42. The van der Waals surface area contributed by atoms with Crippen molar-refractivity contribution in [1.29, 1.82) is 0 Å². The maximum absolute atomic E-state index is 6.22. The molecule has 5 nitrogen and oxygen atoms in total. The zero-order valence-corrected chi connectivity index (χ0v) is 16.9. The van der Waals surface area contributed by atoms with Crippen molar-refractivity contribution in [3.63, 3.8) is 0 Å². The van der Waals surface area contributed by atoms with Crippen molar-refractivity contribution in [3.8, 4) is 0 Å². The number of hydrogen-bond donors (Lipinski definition) is 1. The fraction of sp³-hybridized carbons (Fsp3) is 0.474. The third-order valence-electron chi connectivity index (χ3n) is 4.83. The van der Waals surface area contributed by atoms with E-state index in [-0.39, 0.29) is 0 Å². The molecule has 1 aliphatic rings. The third-order valence-corrected chi connectivity index (χ3v) is 5.60. The van der Waals surface area contributed by atoms with Crippen molar-refractivity contribution in [1.82, 2.24) is 20.3 Å². The van der Waals surface area contributed by atoms with E-state index in [0.717, 1.165) is 66.3 Å². The summed E-state index contributed by atoms with van der Waals surface area (Å²) < 4.78 is 5.28. The van der Waals surface area contributed by atoms with E-state index in [4.69, 9.17) is 28.3 Å². The Bertz CT molecular complexity index is 744. The van der Waals surface area contributed by atoms with Gasteiger partial charge in [-0.2, -0.15) is 0 Å². The first-order valence-corrected chi connectivity index (χ1v) is 9.73. The predicted octanol–water partition coefficient (Wildman–Crippen LogP) is 3.53. The number of aryl methyl sites for hydroxylation is 2. The molecule has 1 fully saturated rings. The third kappa shape index (κ3) is 4.75. The molecule has 0 atom stereocenters. The van der Waals surface area contributed by atoms with Crippen LogP contribution in [-0.4, -0.2) is 46.2 Å². The van der Waals surface area contributed by atoms with Crippen LogP contribution in [-0.2, 0) is 13.1 Å². The molecular formula is C19H25ClN4OS. The summed E-state index contributed by atoms with van der Waals surface area (Å²) in [5.41, 5.74) is 3.25. The zero-order valence-electron chi connectivity index (χ0n) is 15.3. The van der Waals surface area contributed by atoms with E-state index in [9.17, 15) is 0 Å². The van der Waals surface area contributed by atoms with Crippen molar-refractivity contribution in [2.75, 3.05) is 26.2 Å². The molecule has 1 aromatic carbocycles. The minimum absolute atomic E-state index is 0.651. The highest BCUT2D eigenvalue weighted by atomic mass is 35.5. The maximum atomic E-state index is 6.22. The summed E-state index contributed by atoms with van der Waals surface area (Å²) in [4.78, 5) is 4.70. The Balaban J connectivity index is 1.51. The molecule has 1 N–H and O–H groups in total. The van der Waals surface area contributed by atoms with Gasteiger partial charge in [-0.3, -0.25) is 4.90 Å². The lowest BCUT2D eigenvalue weighted by molar-refractivity contribution is 0.275. The largest absolute Gasteiger partial charge is 0.361 e. The number of aromatic nitrogens is 1. The molecule has 0 unspecified atom stereocenters. The molecular weight excluding hydrogens is 368 g/mol. The molecule has 0 radical (unpaired) electrons. The Morgan fingerprint density at radius 3 is 2.77 bits per heavy atom. The molecule has 0 saturated carbocycles. The van der Waals surface area contributed by atoms with Crippen molar-refractivity contribution in [2.24, 2.45) is 0 Å². The predicted molar refractivity (Wildman–Crippen MR) is 108 cm³/mol. The summed E-state index contributed by atoms with van der Waals surface area (Å²) in [5, 5.41) is 8.96. The van der Waals surface area contributed by atoms with Gasteiger partial charge in [-0.1, -0.05) is 35.0 Å². The van der Waals surface area contributed by atoms with Gasteiger partial charge in [0, 0.05) is 49.9 Å². The standard InChI is InChI=1S/C19H25ClN4OS/c1-14-17(15(2)25-22-14)13-23-8-5-9-24(11-10-23)19(26)21-12-16-6-3-4-7-18(16)20/h3-4,6-7H,5,8-13H2,1-2H3,(H,21,26). The fourth-order valence-electron chi connectivity index (χ4n) is 3.21. The first-order valence-electron chi connectivity index (χ1n) is 8.95. The number of thiocarbonyl (C=S) groups is 1. The molecule has 26 heavy (non-hydrogen) atoms. The Morgan fingerprint density at radius 2 is 2.04 bits per heavy atom. The van der Waals surface area contributed by atoms with Crippen molar-refractivity contribution in [3.05, 3.63) is 51.9 Å². The fourth-order valence-corrected chi connectivity index (χ4v) is 3.67. The SMILES string of the molecule is Cc1noc(C)c1CN1CCCN(C(=S)NCc2ccccc2Cl)CC1. The molecule has 0 amide bonds. The number of benzene rings is 1. The highest BCUT2D eigenvalue weighted by Gasteiger charge is 2.19. The van der Waals surface area contributed by atoms with E-state index >= 15 is 0 Å². The number of hydrogen-bond acceptors (Lipinski definition) is 4. The molecule has 3 rings (SSSR count). The molecule has 7 heteroatoms. The lowest BCUT2D eigenvalue weighted by atomic mass is 10.2. The molecule has 1 saturated heterocycles. The van der Waals surface area contributed by atoms with E-state index in [0.29, 0.717) is 6.54 Å². The molecule has 140 valence electrons. The molecule has 0 spiro atoms. The van der Waals surface area contributed by atoms with Gasteiger partial charge >= 0.3 is 0 Å². The van der Waals surface area contributed by atoms with Gasteiger partial charge in [-0.15, -0.1) is 0 Å². The van der Waals surface area contributed by atoms with Crippen LogP contribution in [0.1, 0.15) is 29.0 Å². The van der Waals surface area contributed by atoms with Gasteiger partial charge in [-0.05, 0) is 44.1 Å². The Hall–Kier alpha value is -1.63. The smallest absolute Gasteiger partial charge is 0.169 e. The van der Waals surface area contributed by atoms with Crippen molar-refractivity contribution >= 4 is 28.9 Å². The van der Waals surface area contributed by atoms with Crippen molar-refractivity contribution in [2.45, 2.75) is 33.4 Å². The summed E-state index contributed by atoms with van der Waals surface area (Å²) in [6.07, 6.45) is 1.08. The summed E-state index contributed by atoms with van der Waals surface area (Å²) in [7, 11) is 0. The Labute approximate surface area is 165 Å². The summed E-state index contributed by atoms with van der Waals surface area (Å²) in [6, 6.07) is 7.85. The van der Waals surface area contributed by atoms with E-state index in [1.54, 1.807) is 0 Å². The average molecular weight is 393 g/mol. The van der Waals surface area contributed by atoms with Gasteiger partial charge in [0.05, 0.1) is 5.69 Å². The summed E-state index contributed by atoms with van der Waals surface area (Å²) in [5.74, 6) is 0.917. The monoisotopic (exact) mass is 392 g/mol. The molecule has 1 aromatic heterocycles. The van der Waals surface area contributed by atoms with Crippen LogP contribution in [0.2, 0.25) is 5.02 Å². The second-order valence-electron chi connectivity index (χ2n) is 6.67. The normalized spacial score (nSPS) is 15.7. The van der Waals surface area contributed by atoms with Crippen LogP contribution in [0.15, 0.2) is 28.8 Å². The number of nitrogens with zero attached hydrogens (tertiary/aromatic N) is 3. The number of halogens is 1. The van der Waals surface area contributed by atoms with E-state index in [1.165, 1.54) is 5.56 Å². The first kappa shape index (κ1) is 19.1. The van der Waals surface area contributed by atoms with Crippen LogP contribution in [0.3, 0.4) is 0 Å². The van der Waals surface area contributed by atoms with Gasteiger partial charge in [-0.25, -0.2) is 0 Å². The van der Waals surface area contributed by atoms with Crippen molar-refractivity contribution < 1.29 is 4.52 Å². The van der Waals surface area contributed by atoms with Crippen LogP contribution >= 0.6 is 23.8 Å². The van der Waals surface area contributed by atoms with Gasteiger partial charge in [0.15, 0.2) is 5.11 Å². The molecule has 0 aliphatic carbocycles. The van der Waals surface area contributed by atoms with Gasteiger partial charge in [0.1, 0.15) is 5.76 Å². The zero-order chi connectivity index (χ0) is 18.5. The van der Waals surface area contributed by atoms with Gasteiger partial charge in [0.25, 0.3) is 0 Å². The minimum Gasteiger partial charge on any atom is -0.361 e. The lowest BCUT2D eigenvalue weighted by Crippen LogP contribution is -2.41. The second-order valence-corrected chi connectivity index (χ2v) is 7.46. The minimum atomic E-state index is 0.651. The molecule has 2 heterocycles. The maximum Gasteiger partial charge on any atom is 0.169 e. The molecule has 1 aliphatic heterocycles. The van der Waals surface area contributed by atoms with Crippen LogP contribution in [0, 0.1) is 13.8 Å². The summed E-state index contributed by atoms with van der Waals surface area (Å²) >= 11 is 11.8. The highest BCUT2D eigenvalue weighted by Crippen LogP contribution is 2.17. The molecule has 0 bridgehead atoms. The second kappa shape index (κ2) is 8.84. The van der Waals surface area contributed by atoms with Crippen LogP contribution in [0.25, 0.3) is 0 Å². The lowest BCUT2D eigenvalue weighted by Gasteiger charge is -2.25. The highest BCUT2D eigenvalue weighted by molar-refractivity contribution is 7.80. The van der Waals surface area contributed by atoms with Crippen LogP contribution in [0.5, 0.6) is 0 Å². The van der Waals surface area contributed by atoms with E-state index < -0.39 is 0 Å². The van der Waals surface area contributed by atoms with Crippen LogP contribution in [0.4, 0.5) is 0 Å².